The van der Waals surface area contributed by atoms with Crippen LogP contribution in [0.1, 0.15) is 32.5 Å². The molecule has 10 heteroatoms. The second-order valence-corrected chi connectivity index (χ2v) is 7.19. The third-order valence-electron chi connectivity index (χ3n) is 3.50. The molecule has 1 aromatic carbocycles. The van der Waals surface area contributed by atoms with Crippen LogP contribution in [0.5, 0.6) is 0 Å². The monoisotopic (exact) mass is 391 g/mol. The molecule has 26 heavy (non-hydrogen) atoms. The number of nitrogens with one attached hydrogen (secondary N) is 1. The number of esters is 1. The summed E-state index contributed by atoms with van der Waals surface area (Å²) in [6.45, 7) is 3.85. The standard InChI is InChI=1S/C16H13N3O5S2/c1-3-24-15(21)12-8(2)11-14(25-12)18-16(26-11)17-13(20)9-4-6-10(7-5-9)19(22)23/h4-7H,3H2,1-2H3,(H,17,18,20). The summed E-state index contributed by atoms with van der Waals surface area (Å²) in [6.07, 6.45) is 0. The summed E-state index contributed by atoms with van der Waals surface area (Å²) < 4.78 is 5.83. The van der Waals surface area contributed by atoms with Gasteiger partial charge in [-0.2, -0.15) is 0 Å². The van der Waals surface area contributed by atoms with Gasteiger partial charge in [0.2, 0.25) is 0 Å². The SMILES string of the molecule is CCOC(=O)c1sc2nc(NC(=O)c3ccc([N+](=O)[O-])cc3)sc2c1C. The molecule has 1 N–H and O–H groups in total. The highest BCUT2D eigenvalue weighted by Crippen LogP contribution is 2.37. The van der Waals surface area contributed by atoms with Crippen LogP contribution >= 0.6 is 22.7 Å². The first kappa shape index (κ1) is 18.0. The Labute approximate surface area is 155 Å². The van der Waals surface area contributed by atoms with Crippen LogP contribution in [-0.2, 0) is 4.74 Å². The number of hydrogen-bond acceptors (Lipinski definition) is 8. The summed E-state index contributed by atoms with van der Waals surface area (Å²) in [6, 6.07) is 5.30. The predicted molar refractivity (Wildman–Crippen MR) is 99.2 cm³/mol. The zero-order valence-corrected chi connectivity index (χ0v) is 15.4. The van der Waals surface area contributed by atoms with Gasteiger partial charge < -0.3 is 4.74 Å². The first-order chi connectivity index (χ1) is 12.4. The molecule has 2 aromatic heterocycles. The van der Waals surface area contributed by atoms with E-state index in [1.54, 1.807) is 6.92 Å². The molecule has 134 valence electrons. The van der Waals surface area contributed by atoms with Gasteiger partial charge in [0.05, 0.1) is 16.2 Å². The fourth-order valence-electron chi connectivity index (χ4n) is 2.24. The van der Waals surface area contributed by atoms with E-state index >= 15 is 0 Å². The van der Waals surface area contributed by atoms with Gasteiger partial charge >= 0.3 is 5.97 Å². The van der Waals surface area contributed by atoms with Crippen molar-refractivity contribution in [2.75, 3.05) is 11.9 Å². The Morgan fingerprint density at radius 2 is 1.96 bits per heavy atom. The number of nitro benzene ring substituents is 1. The number of carbonyl (C=O) groups is 2. The third-order valence-corrected chi connectivity index (χ3v) is 5.88. The second kappa shape index (κ2) is 7.18. The van der Waals surface area contributed by atoms with Crippen molar-refractivity contribution in [1.82, 2.24) is 4.98 Å². The largest absolute Gasteiger partial charge is 0.462 e. The van der Waals surface area contributed by atoms with E-state index in [0.717, 1.165) is 10.3 Å². The van der Waals surface area contributed by atoms with Gasteiger partial charge in [0.25, 0.3) is 11.6 Å². The van der Waals surface area contributed by atoms with Gasteiger partial charge in [-0.25, -0.2) is 9.78 Å². The van der Waals surface area contributed by atoms with Crippen LogP contribution < -0.4 is 5.32 Å². The van der Waals surface area contributed by atoms with E-state index in [0.29, 0.717) is 21.4 Å². The topological polar surface area (TPSA) is 111 Å². The number of benzene rings is 1. The quantitative estimate of drug-likeness (QED) is 0.400. The highest BCUT2D eigenvalue weighted by molar-refractivity contribution is 7.30. The van der Waals surface area contributed by atoms with Crippen LogP contribution in [0.25, 0.3) is 9.53 Å². The summed E-state index contributed by atoms with van der Waals surface area (Å²) in [4.78, 5) is 39.8. The summed E-state index contributed by atoms with van der Waals surface area (Å²) in [5.41, 5.74) is 0.980. The van der Waals surface area contributed by atoms with Crippen LogP contribution in [-0.4, -0.2) is 28.4 Å². The molecule has 1 amide bonds. The Morgan fingerprint density at radius 1 is 1.27 bits per heavy atom. The number of fused-ring (bicyclic) bond motifs is 1. The van der Waals surface area contributed by atoms with Crippen molar-refractivity contribution >= 4 is 54.9 Å². The number of nitro groups is 1. The van der Waals surface area contributed by atoms with Crippen molar-refractivity contribution in [2.45, 2.75) is 13.8 Å². The van der Waals surface area contributed by atoms with E-state index in [1.807, 2.05) is 6.92 Å². The molecule has 0 saturated carbocycles. The van der Waals surface area contributed by atoms with Gasteiger partial charge in [0.15, 0.2) is 5.13 Å². The number of thiophene rings is 1. The van der Waals surface area contributed by atoms with Crippen molar-refractivity contribution < 1.29 is 19.2 Å². The molecule has 0 spiro atoms. The van der Waals surface area contributed by atoms with Gasteiger partial charge in [-0.3, -0.25) is 20.2 Å². The molecule has 0 radical (unpaired) electrons. The number of aromatic nitrogens is 1. The maximum absolute atomic E-state index is 12.3. The summed E-state index contributed by atoms with van der Waals surface area (Å²) in [5, 5.41) is 13.7. The Morgan fingerprint density at radius 3 is 2.54 bits per heavy atom. The van der Waals surface area contributed by atoms with Crippen molar-refractivity contribution in [3.63, 3.8) is 0 Å². The van der Waals surface area contributed by atoms with Gasteiger partial charge in [0.1, 0.15) is 9.71 Å². The average Bonchev–Trinajstić information content (AvgIpc) is 3.14. The minimum atomic E-state index is -0.527. The number of hydrogen-bond donors (Lipinski definition) is 1. The lowest BCUT2D eigenvalue weighted by Crippen LogP contribution is -2.11. The molecule has 8 nitrogen and oxygen atoms in total. The number of rotatable bonds is 5. The van der Waals surface area contributed by atoms with E-state index in [4.69, 9.17) is 4.74 Å². The molecule has 0 unspecified atom stereocenters. The predicted octanol–water partition coefficient (Wildman–Crippen LogP) is 4.00. The van der Waals surface area contributed by atoms with Crippen molar-refractivity contribution in [2.24, 2.45) is 0 Å². The molecule has 2 heterocycles. The summed E-state index contributed by atoms with van der Waals surface area (Å²) in [5.74, 6) is -0.791. The molecule has 3 rings (SSSR count). The molecule has 0 aliphatic rings. The highest BCUT2D eigenvalue weighted by atomic mass is 32.1. The first-order valence-electron chi connectivity index (χ1n) is 7.53. The van der Waals surface area contributed by atoms with Crippen LogP contribution in [0, 0.1) is 17.0 Å². The van der Waals surface area contributed by atoms with Crippen LogP contribution in [0.4, 0.5) is 10.8 Å². The van der Waals surface area contributed by atoms with Crippen LogP contribution in [0.2, 0.25) is 0 Å². The molecular formula is C16H13N3O5S2. The summed E-state index contributed by atoms with van der Waals surface area (Å²) in [7, 11) is 0. The molecule has 0 fully saturated rings. The number of nitrogens with zero attached hydrogens (tertiary/aromatic N) is 2. The number of amides is 1. The molecule has 0 aliphatic heterocycles. The lowest BCUT2D eigenvalue weighted by atomic mass is 10.2. The lowest BCUT2D eigenvalue weighted by molar-refractivity contribution is -0.384. The van der Waals surface area contributed by atoms with E-state index < -0.39 is 10.8 Å². The van der Waals surface area contributed by atoms with Gasteiger partial charge in [0, 0.05) is 17.7 Å². The molecule has 0 aliphatic carbocycles. The zero-order chi connectivity index (χ0) is 18.8. The Hall–Kier alpha value is -2.85. The Balaban J connectivity index is 1.79. The van der Waals surface area contributed by atoms with Gasteiger partial charge in [-0.05, 0) is 31.5 Å². The van der Waals surface area contributed by atoms with E-state index in [-0.39, 0.29) is 17.2 Å². The first-order valence-corrected chi connectivity index (χ1v) is 9.16. The average molecular weight is 391 g/mol. The molecule has 0 saturated heterocycles. The minimum Gasteiger partial charge on any atom is -0.462 e. The summed E-state index contributed by atoms with van der Waals surface area (Å²) >= 11 is 2.48. The molecule has 3 aromatic rings. The minimum absolute atomic E-state index is 0.0848. The Bertz CT molecular complexity index is 1010. The van der Waals surface area contributed by atoms with E-state index in [9.17, 15) is 19.7 Å². The third kappa shape index (κ3) is 3.41. The fourth-order valence-corrected chi connectivity index (χ4v) is 4.45. The number of thiazole rings is 1. The number of carbonyl (C=O) groups excluding carboxylic acids is 2. The maximum atomic E-state index is 12.3. The molecular weight excluding hydrogens is 378 g/mol. The number of ether oxygens (including phenoxy) is 1. The lowest BCUT2D eigenvalue weighted by Gasteiger charge is -2.01. The maximum Gasteiger partial charge on any atom is 0.348 e. The van der Waals surface area contributed by atoms with Gasteiger partial charge in [-0.15, -0.1) is 11.3 Å². The molecule has 0 atom stereocenters. The number of aryl methyl sites for hydroxylation is 1. The van der Waals surface area contributed by atoms with Gasteiger partial charge in [-0.1, -0.05) is 11.3 Å². The number of non-ortho nitro benzene ring substituents is 1. The fraction of sp³-hybridized carbons (Fsp3) is 0.188. The van der Waals surface area contributed by atoms with Crippen LogP contribution in [0.3, 0.4) is 0 Å². The van der Waals surface area contributed by atoms with Crippen molar-refractivity contribution in [3.05, 3.63) is 50.4 Å². The Kier molecular flexibility index (Phi) is 4.96. The van der Waals surface area contributed by atoms with E-state index in [1.165, 1.54) is 46.9 Å². The van der Waals surface area contributed by atoms with Crippen molar-refractivity contribution in [1.29, 1.82) is 0 Å². The normalized spacial score (nSPS) is 10.7. The van der Waals surface area contributed by atoms with Crippen LogP contribution in [0.15, 0.2) is 24.3 Å². The molecule has 0 bridgehead atoms. The highest BCUT2D eigenvalue weighted by Gasteiger charge is 2.20. The van der Waals surface area contributed by atoms with Crippen molar-refractivity contribution in [3.8, 4) is 0 Å². The number of anilines is 1. The zero-order valence-electron chi connectivity index (χ0n) is 13.8. The smallest absolute Gasteiger partial charge is 0.348 e. The second-order valence-electron chi connectivity index (χ2n) is 5.19. The van der Waals surface area contributed by atoms with E-state index in [2.05, 4.69) is 10.3 Å².